The monoisotopic (exact) mass is 305 g/mol. The van der Waals surface area contributed by atoms with Crippen LogP contribution in [0.2, 0.25) is 10.0 Å². The molecule has 3 N–H and O–H groups in total. The summed E-state index contributed by atoms with van der Waals surface area (Å²) in [6.45, 7) is 0.715. The third kappa shape index (κ3) is 3.57. The SMILES string of the molecule is N#Cc1ccc(NCCc2ccc(Cl)cc2Cl)cc1N. The van der Waals surface area contributed by atoms with Crippen molar-refractivity contribution in [1.29, 1.82) is 5.26 Å². The van der Waals surface area contributed by atoms with Crippen LogP contribution in [-0.2, 0) is 6.42 Å². The summed E-state index contributed by atoms with van der Waals surface area (Å²) < 4.78 is 0. The zero-order valence-corrected chi connectivity index (χ0v) is 12.2. The fourth-order valence-electron chi connectivity index (χ4n) is 1.84. The average Bonchev–Trinajstić information content (AvgIpc) is 2.41. The third-order valence-corrected chi connectivity index (χ3v) is 3.50. The van der Waals surface area contributed by atoms with E-state index >= 15 is 0 Å². The molecule has 5 heteroatoms. The van der Waals surface area contributed by atoms with Gasteiger partial charge in [0.25, 0.3) is 0 Å². The number of nitrogens with two attached hydrogens (primary N) is 1. The van der Waals surface area contributed by atoms with Crippen LogP contribution in [-0.4, -0.2) is 6.54 Å². The molecule has 0 atom stereocenters. The molecule has 2 rings (SSSR count). The molecule has 0 aliphatic heterocycles. The molecule has 0 unspecified atom stereocenters. The number of hydrogen-bond donors (Lipinski definition) is 2. The minimum Gasteiger partial charge on any atom is -0.398 e. The van der Waals surface area contributed by atoms with Gasteiger partial charge in [0.1, 0.15) is 6.07 Å². The Kier molecular flexibility index (Phi) is 4.73. The quantitative estimate of drug-likeness (QED) is 0.836. The highest BCUT2D eigenvalue weighted by Gasteiger charge is 2.02. The van der Waals surface area contributed by atoms with Crippen LogP contribution in [0.3, 0.4) is 0 Å². The highest BCUT2D eigenvalue weighted by atomic mass is 35.5. The van der Waals surface area contributed by atoms with Crippen molar-refractivity contribution in [2.45, 2.75) is 6.42 Å². The number of benzene rings is 2. The molecule has 102 valence electrons. The number of halogens is 2. The summed E-state index contributed by atoms with van der Waals surface area (Å²) in [4.78, 5) is 0. The highest BCUT2D eigenvalue weighted by Crippen LogP contribution is 2.22. The molecule has 0 saturated heterocycles. The van der Waals surface area contributed by atoms with Gasteiger partial charge in [-0.15, -0.1) is 0 Å². The van der Waals surface area contributed by atoms with Crippen LogP contribution < -0.4 is 11.1 Å². The van der Waals surface area contributed by atoms with Gasteiger partial charge in [-0.2, -0.15) is 5.26 Å². The molecule has 0 heterocycles. The van der Waals surface area contributed by atoms with Gasteiger partial charge < -0.3 is 11.1 Å². The van der Waals surface area contributed by atoms with Crippen LogP contribution in [0, 0.1) is 11.3 Å². The molecular formula is C15H13Cl2N3. The Bertz CT molecular complexity index is 663. The Balaban J connectivity index is 1.96. The fraction of sp³-hybridized carbons (Fsp3) is 0.133. The Morgan fingerprint density at radius 2 is 1.95 bits per heavy atom. The van der Waals surface area contributed by atoms with Crippen LogP contribution >= 0.6 is 23.2 Å². The Morgan fingerprint density at radius 3 is 2.60 bits per heavy atom. The van der Waals surface area contributed by atoms with Crippen molar-refractivity contribution in [3.8, 4) is 6.07 Å². The van der Waals surface area contributed by atoms with E-state index in [1.165, 1.54) is 0 Å². The normalized spacial score (nSPS) is 10.1. The second-order valence-corrected chi connectivity index (χ2v) is 5.17. The number of rotatable bonds is 4. The molecule has 0 aromatic heterocycles. The highest BCUT2D eigenvalue weighted by molar-refractivity contribution is 6.35. The second kappa shape index (κ2) is 6.51. The molecule has 2 aromatic carbocycles. The fourth-order valence-corrected chi connectivity index (χ4v) is 2.34. The summed E-state index contributed by atoms with van der Waals surface area (Å²) in [5.41, 5.74) is 8.63. The molecule has 3 nitrogen and oxygen atoms in total. The van der Waals surface area contributed by atoms with Crippen LogP contribution in [0.25, 0.3) is 0 Å². The summed E-state index contributed by atoms with van der Waals surface area (Å²) in [7, 11) is 0. The van der Waals surface area contributed by atoms with E-state index in [0.29, 0.717) is 27.8 Å². The summed E-state index contributed by atoms with van der Waals surface area (Å²) in [6, 6.07) is 12.8. The van der Waals surface area contributed by atoms with Gasteiger partial charge in [0.05, 0.1) is 11.3 Å². The lowest BCUT2D eigenvalue weighted by Gasteiger charge is -2.09. The lowest BCUT2D eigenvalue weighted by atomic mass is 10.1. The van der Waals surface area contributed by atoms with Crippen LogP contribution in [0.15, 0.2) is 36.4 Å². The van der Waals surface area contributed by atoms with E-state index in [-0.39, 0.29) is 0 Å². The van der Waals surface area contributed by atoms with E-state index in [4.69, 9.17) is 34.2 Å². The molecule has 0 amide bonds. The summed E-state index contributed by atoms with van der Waals surface area (Å²) in [5, 5.41) is 13.4. The van der Waals surface area contributed by atoms with E-state index in [9.17, 15) is 0 Å². The molecule has 2 aromatic rings. The van der Waals surface area contributed by atoms with Gasteiger partial charge in [-0.3, -0.25) is 0 Å². The van der Waals surface area contributed by atoms with Gasteiger partial charge in [-0.25, -0.2) is 0 Å². The van der Waals surface area contributed by atoms with E-state index in [2.05, 4.69) is 5.32 Å². The smallest absolute Gasteiger partial charge is 0.101 e. The second-order valence-electron chi connectivity index (χ2n) is 4.33. The third-order valence-electron chi connectivity index (χ3n) is 2.91. The number of nitrogens with one attached hydrogen (secondary N) is 1. The van der Waals surface area contributed by atoms with Gasteiger partial charge in [-0.05, 0) is 42.3 Å². The van der Waals surface area contributed by atoms with E-state index in [0.717, 1.165) is 17.7 Å². The molecule has 0 saturated carbocycles. The van der Waals surface area contributed by atoms with Crippen LogP contribution in [0.4, 0.5) is 11.4 Å². The predicted molar refractivity (Wildman–Crippen MR) is 84.2 cm³/mol. The van der Waals surface area contributed by atoms with E-state index < -0.39 is 0 Å². The van der Waals surface area contributed by atoms with Gasteiger partial charge >= 0.3 is 0 Å². The first kappa shape index (κ1) is 14.5. The van der Waals surface area contributed by atoms with Crippen molar-refractivity contribution >= 4 is 34.6 Å². The molecular weight excluding hydrogens is 293 g/mol. The Hall–Kier alpha value is -1.89. The lowest BCUT2D eigenvalue weighted by Crippen LogP contribution is -2.06. The summed E-state index contributed by atoms with van der Waals surface area (Å²) in [6.07, 6.45) is 0.774. The zero-order chi connectivity index (χ0) is 14.5. The summed E-state index contributed by atoms with van der Waals surface area (Å²) >= 11 is 12.0. The van der Waals surface area contributed by atoms with Gasteiger partial charge in [0.2, 0.25) is 0 Å². The largest absolute Gasteiger partial charge is 0.398 e. The van der Waals surface area contributed by atoms with E-state index in [1.54, 1.807) is 18.2 Å². The van der Waals surface area contributed by atoms with Crippen molar-refractivity contribution in [1.82, 2.24) is 0 Å². The first-order valence-corrected chi connectivity index (χ1v) is 6.83. The standard InChI is InChI=1S/C15H13Cl2N3/c16-12-3-1-10(14(17)7-12)5-6-20-13-4-2-11(9-18)15(19)8-13/h1-4,7-8,20H,5-6,19H2. The lowest BCUT2D eigenvalue weighted by molar-refractivity contribution is 1.02. The van der Waals surface area contributed by atoms with Gasteiger partial charge in [-0.1, -0.05) is 29.3 Å². The topological polar surface area (TPSA) is 61.8 Å². The number of nitriles is 1. The van der Waals surface area contributed by atoms with Crippen molar-refractivity contribution in [3.05, 3.63) is 57.6 Å². The number of nitrogens with zero attached hydrogens (tertiary/aromatic N) is 1. The molecule has 20 heavy (non-hydrogen) atoms. The minimum atomic E-state index is 0.474. The van der Waals surface area contributed by atoms with Crippen molar-refractivity contribution in [3.63, 3.8) is 0 Å². The number of hydrogen-bond acceptors (Lipinski definition) is 3. The maximum atomic E-state index is 8.81. The Morgan fingerprint density at radius 1 is 1.15 bits per heavy atom. The maximum absolute atomic E-state index is 8.81. The number of anilines is 2. The Labute approximate surface area is 127 Å². The van der Waals surface area contributed by atoms with E-state index in [1.807, 2.05) is 24.3 Å². The van der Waals surface area contributed by atoms with Crippen molar-refractivity contribution < 1.29 is 0 Å². The average molecular weight is 306 g/mol. The minimum absolute atomic E-state index is 0.474. The van der Waals surface area contributed by atoms with Crippen LogP contribution in [0.5, 0.6) is 0 Å². The van der Waals surface area contributed by atoms with Crippen molar-refractivity contribution in [2.75, 3.05) is 17.6 Å². The predicted octanol–water partition coefficient (Wildman–Crippen LogP) is 4.10. The van der Waals surface area contributed by atoms with Crippen LogP contribution in [0.1, 0.15) is 11.1 Å². The molecule has 0 bridgehead atoms. The first-order valence-electron chi connectivity index (χ1n) is 6.07. The first-order chi connectivity index (χ1) is 9.60. The summed E-state index contributed by atoms with van der Waals surface area (Å²) in [5.74, 6) is 0. The van der Waals surface area contributed by atoms with Gasteiger partial charge in [0, 0.05) is 22.3 Å². The molecule has 0 aliphatic carbocycles. The molecule has 0 aliphatic rings. The van der Waals surface area contributed by atoms with Gasteiger partial charge in [0.15, 0.2) is 0 Å². The maximum Gasteiger partial charge on any atom is 0.101 e. The molecule has 0 radical (unpaired) electrons. The number of nitrogen functional groups attached to an aromatic ring is 1. The molecule has 0 fully saturated rings. The van der Waals surface area contributed by atoms with Crippen molar-refractivity contribution in [2.24, 2.45) is 0 Å². The zero-order valence-electron chi connectivity index (χ0n) is 10.7. The molecule has 0 spiro atoms.